The second-order valence-corrected chi connectivity index (χ2v) is 5.82. The van der Waals surface area contributed by atoms with Crippen LogP contribution in [0.2, 0.25) is 0 Å². The number of fused-ring (bicyclic) bond motifs is 2. The molecule has 0 aliphatic carbocycles. The van der Waals surface area contributed by atoms with E-state index in [0.717, 1.165) is 25.7 Å². The molecule has 0 spiro atoms. The molecule has 2 unspecified atom stereocenters. The van der Waals surface area contributed by atoms with Gasteiger partial charge in [-0.05, 0) is 31.6 Å². The van der Waals surface area contributed by atoms with Gasteiger partial charge in [-0.25, -0.2) is 9.97 Å². The van der Waals surface area contributed by atoms with Gasteiger partial charge in [0.2, 0.25) is 0 Å². The molecule has 21 heavy (non-hydrogen) atoms. The van der Waals surface area contributed by atoms with Crippen LogP contribution in [0.4, 0.5) is 5.82 Å². The molecular formula is C14H18N4O3. The van der Waals surface area contributed by atoms with Gasteiger partial charge in [0.1, 0.15) is 0 Å². The highest BCUT2D eigenvalue weighted by Gasteiger charge is 2.43. The molecule has 7 heteroatoms. The van der Waals surface area contributed by atoms with Crippen molar-refractivity contribution in [3.8, 4) is 0 Å². The Hall–Kier alpha value is -2.18. The van der Waals surface area contributed by atoms with Crippen molar-refractivity contribution in [3.05, 3.63) is 18.1 Å². The van der Waals surface area contributed by atoms with E-state index in [1.165, 1.54) is 6.20 Å². The van der Waals surface area contributed by atoms with E-state index in [1.54, 1.807) is 6.20 Å². The molecule has 2 saturated heterocycles. The predicted molar refractivity (Wildman–Crippen MR) is 74.8 cm³/mol. The average molecular weight is 290 g/mol. The second kappa shape index (κ2) is 5.31. The predicted octanol–water partition coefficient (Wildman–Crippen LogP) is 0.798. The van der Waals surface area contributed by atoms with E-state index in [-0.39, 0.29) is 30.1 Å². The van der Waals surface area contributed by atoms with Gasteiger partial charge in [0, 0.05) is 30.9 Å². The van der Waals surface area contributed by atoms with E-state index >= 15 is 0 Å². The first kappa shape index (κ1) is 13.8. The SMILES string of the molecule is NC(=O)c1nccnc1N1C2CCC1CC(CC(=O)O)C2. The number of carbonyl (C=O) groups is 2. The number of nitrogens with zero attached hydrogens (tertiary/aromatic N) is 3. The normalized spacial score (nSPS) is 27.6. The Kier molecular flexibility index (Phi) is 3.48. The van der Waals surface area contributed by atoms with Crippen molar-refractivity contribution < 1.29 is 14.7 Å². The molecule has 0 radical (unpaired) electrons. The van der Waals surface area contributed by atoms with Gasteiger partial charge in [0.25, 0.3) is 5.91 Å². The molecule has 1 aromatic rings. The molecule has 3 rings (SSSR count). The molecule has 3 heterocycles. The standard InChI is InChI=1S/C14H18N4O3/c15-13(21)12-14(17-4-3-16-12)18-9-1-2-10(18)6-8(5-9)7-11(19)20/h3-4,8-10H,1-2,5-7H2,(H2,15,21)(H,19,20). The summed E-state index contributed by atoms with van der Waals surface area (Å²) in [5.41, 5.74) is 5.58. The zero-order chi connectivity index (χ0) is 15.0. The number of hydrogen-bond acceptors (Lipinski definition) is 5. The summed E-state index contributed by atoms with van der Waals surface area (Å²) in [5.74, 6) is -0.577. The molecule has 1 aromatic heterocycles. The summed E-state index contributed by atoms with van der Waals surface area (Å²) in [7, 11) is 0. The number of primary amides is 1. The molecular weight excluding hydrogens is 272 g/mol. The van der Waals surface area contributed by atoms with Crippen LogP contribution in [0.5, 0.6) is 0 Å². The van der Waals surface area contributed by atoms with Crippen molar-refractivity contribution in [2.24, 2.45) is 11.7 Å². The van der Waals surface area contributed by atoms with Crippen LogP contribution < -0.4 is 10.6 Å². The zero-order valence-electron chi connectivity index (χ0n) is 11.6. The summed E-state index contributed by atoms with van der Waals surface area (Å²) in [6.45, 7) is 0. The van der Waals surface area contributed by atoms with E-state index in [4.69, 9.17) is 10.8 Å². The van der Waals surface area contributed by atoms with Crippen LogP contribution in [0.1, 0.15) is 42.6 Å². The van der Waals surface area contributed by atoms with Crippen LogP contribution in [0.3, 0.4) is 0 Å². The molecule has 2 fully saturated rings. The summed E-state index contributed by atoms with van der Waals surface area (Å²) in [5, 5.41) is 8.96. The number of anilines is 1. The first-order chi connectivity index (χ1) is 10.1. The highest BCUT2D eigenvalue weighted by molar-refractivity contribution is 5.95. The molecule has 0 saturated carbocycles. The van der Waals surface area contributed by atoms with E-state index in [1.807, 2.05) is 0 Å². The number of rotatable bonds is 4. The minimum absolute atomic E-state index is 0.199. The third-order valence-corrected chi connectivity index (χ3v) is 4.45. The molecule has 0 aromatic carbocycles. The Morgan fingerprint density at radius 1 is 1.24 bits per heavy atom. The molecule has 2 atom stereocenters. The number of carboxylic acids is 1. The molecule has 3 N–H and O–H groups in total. The fourth-order valence-electron chi connectivity index (χ4n) is 3.74. The molecule has 7 nitrogen and oxygen atoms in total. The summed E-state index contributed by atoms with van der Waals surface area (Å²) in [6, 6.07) is 0.450. The smallest absolute Gasteiger partial charge is 0.303 e. The maximum absolute atomic E-state index is 11.5. The first-order valence-corrected chi connectivity index (χ1v) is 7.17. The largest absolute Gasteiger partial charge is 0.481 e. The number of carbonyl (C=O) groups excluding carboxylic acids is 1. The Labute approximate surface area is 122 Å². The number of aromatic nitrogens is 2. The molecule has 2 bridgehead atoms. The minimum Gasteiger partial charge on any atom is -0.481 e. The van der Waals surface area contributed by atoms with Gasteiger partial charge >= 0.3 is 5.97 Å². The van der Waals surface area contributed by atoms with E-state index < -0.39 is 11.9 Å². The monoisotopic (exact) mass is 290 g/mol. The lowest BCUT2D eigenvalue weighted by Gasteiger charge is -2.39. The Morgan fingerprint density at radius 3 is 2.43 bits per heavy atom. The Morgan fingerprint density at radius 2 is 1.86 bits per heavy atom. The van der Waals surface area contributed by atoms with Crippen LogP contribution in [0, 0.1) is 5.92 Å². The van der Waals surface area contributed by atoms with Crippen molar-refractivity contribution in [3.63, 3.8) is 0 Å². The quantitative estimate of drug-likeness (QED) is 0.848. The van der Waals surface area contributed by atoms with Crippen LogP contribution in [-0.4, -0.2) is 39.0 Å². The fourth-order valence-corrected chi connectivity index (χ4v) is 3.74. The number of hydrogen-bond donors (Lipinski definition) is 2. The minimum atomic E-state index is -0.745. The number of piperidine rings is 1. The Bertz CT molecular complexity index is 563. The van der Waals surface area contributed by atoms with Crippen molar-refractivity contribution in [1.82, 2.24) is 9.97 Å². The lowest BCUT2D eigenvalue weighted by atomic mass is 9.88. The lowest BCUT2D eigenvalue weighted by molar-refractivity contribution is -0.138. The number of nitrogens with two attached hydrogens (primary N) is 1. The van der Waals surface area contributed by atoms with Crippen LogP contribution in [-0.2, 0) is 4.79 Å². The highest BCUT2D eigenvalue weighted by Crippen LogP contribution is 2.42. The van der Waals surface area contributed by atoms with Gasteiger partial charge in [-0.15, -0.1) is 0 Å². The third kappa shape index (κ3) is 2.55. The van der Waals surface area contributed by atoms with Crippen LogP contribution in [0.15, 0.2) is 12.4 Å². The topological polar surface area (TPSA) is 109 Å². The first-order valence-electron chi connectivity index (χ1n) is 7.17. The number of carboxylic acid groups (broad SMARTS) is 1. The van der Waals surface area contributed by atoms with Crippen molar-refractivity contribution >= 4 is 17.7 Å². The average Bonchev–Trinajstić information content (AvgIpc) is 2.69. The van der Waals surface area contributed by atoms with Gasteiger partial charge < -0.3 is 15.7 Å². The number of amides is 1. The third-order valence-electron chi connectivity index (χ3n) is 4.45. The van der Waals surface area contributed by atoms with Crippen LogP contribution in [0.25, 0.3) is 0 Å². The fraction of sp³-hybridized carbons (Fsp3) is 0.571. The number of aliphatic carboxylic acids is 1. The van der Waals surface area contributed by atoms with Gasteiger partial charge in [-0.1, -0.05) is 0 Å². The lowest BCUT2D eigenvalue weighted by Crippen LogP contribution is -2.45. The van der Waals surface area contributed by atoms with Gasteiger partial charge in [0.15, 0.2) is 11.5 Å². The van der Waals surface area contributed by atoms with Gasteiger partial charge in [0.05, 0.1) is 0 Å². The second-order valence-electron chi connectivity index (χ2n) is 5.82. The maximum Gasteiger partial charge on any atom is 0.303 e. The molecule has 1 amide bonds. The van der Waals surface area contributed by atoms with Gasteiger partial charge in [-0.2, -0.15) is 0 Å². The Balaban J connectivity index is 1.86. The molecule has 2 aliphatic heterocycles. The molecule has 112 valence electrons. The summed E-state index contributed by atoms with van der Waals surface area (Å²) in [6.07, 6.45) is 6.86. The zero-order valence-corrected chi connectivity index (χ0v) is 11.6. The van der Waals surface area contributed by atoms with E-state index in [2.05, 4.69) is 14.9 Å². The summed E-state index contributed by atoms with van der Waals surface area (Å²) >= 11 is 0. The molecule has 2 aliphatic rings. The van der Waals surface area contributed by atoms with Crippen LogP contribution >= 0.6 is 0 Å². The summed E-state index contributed by atoms with van der Waals surface area (Å²) in [4.78, 5) is 32.9. The van der Waals surface area contributed by atoms with Crippen molar-refractivity contribution in [2.45, 2.75) is 44.2 Å². The van der Waals surface area contributed by atoms with E-state index in [9.17, 15) is 9.59 Å². The van der Waals surface area contributed by atoms with Gasteiger partial charge in [-0.3, -0.25) is 9.59 Å². The van der Waals surface area contributed by atoms with E-state index in [0.29, 0.717) is 5.82 Å². The highest BCUT2D eigenvalue weighted by atomic mass is 16.4. The maximum atomic E-state index is 11.5. The summed E-state index contributed by atoms with van der Waals surface area (Å²) < 4.78 is 0. The van der Waals surface area contributed by atoms with Crippen molar-refractivity contribution in [2.75, 3.05) is 4.90 Å². The van der Waals surface area contributed by atoms with Crippen molar-refractivity contribution in [1.29, 1.82) is 0 Å².